The van der Waals surface area contributed by atoms with E-state index < -0.39 is 5.41 Å². The van der Waals surface area contributed by atoms with Crippen LogP contribution in [0.1, 0.15) is 30.5 Å². The number of hydrogen-bond acceptors (Lipinski definition) is 3. The van der Waals surface area contributed by atoms with Crippen LogP contribution < -0.4 is 16.0 Å². The van der Waals surface area contributed by atoms with Crippen LogP contribution in [0.3, 0.4) is 0 Å². The molecule has 0 aliphatic rings. The first kappa shape index (κ1) is 23.6. The molecular formula is C24H24Cl2N4O2. The Bertz CT molecular complexity index is 1100. The monoisotopic (exact) mass is 470 g/mol. The highest BCUT2D eigenvalue weighted by molar-refractivity contribution is 6.42. The van der Waals surface area contributed by atoms with Crippen molar-refractivity contribution in [1.82, 2.24) is 15.6 Å². The lowest BCUT2D eigenvalue weighted by molar-refractivity contribution is -0.125. The Kier molecular flexibility index (Phi) is 7.72. The Labute approximate surface area is 197 Å². The summed E-state index contributed by atoms with van der Waals surface area (Å²) in [6.07, 6.45) is 3.35. The molecular weight excluding hydrogens is 447 g/mol. The zero-order valence-corrected chi connectivity index (χ0v) is 19.3. The highest BCUT2D eigenvalue weighted by atomic mass is 35.5. The number of pyridine rings is 1. The summed E-state index contributed by atoms with van der Waals surface area (Å²) in [4.78, 5) is 29.0. The van der Waals surface area contributed by atoms with Gasteiger partial charge in [0, 0.05) is 31.2 Å². The Morgan fingerprint density at radius 2 is 1.59 bits per heavy atom. The number of rotatable bonds is 7. The molecule has 8 heteroatoms. The van der Waals surface area contributed by atoms with E-state index in [1.807, 2.05) is 44.2 Å². The van der Waals surface area contributed by atoms with Crippen LogP contribution in [-0.2, 0) is 23.3 Å². The van der Waals surface area contributed by atoms with Crippen molar-refractivity contribution in [3.8, 4) is 0 Å². The van der Waals surface area contributed by atoms with Gasteiger partial charge in [-0.05, 0) is 66.9 Å². The van der Waals surface area contributed by atoms with Gasteiger partial charge in [-0.2, -0.15) is 0 Å². The van der Waals surface area contributed by atoms with Crippen molar-refractivity contribution in [1.29, 1.82) is 0 Å². The number of urea groups is 1. The smallest absolute Gasteiger partial charge is 0.319 e. The van der Waals surface area contributed by atoms with Gasteiger partial charge in [0.15, 0.2) is 0 Å². The number of carbonyl (C=O) groups excluding carboxylic acids is 2. The summed E-state index contributed by atoms with van der Waals surface area (Å²) in [7, 11) is 0. The minimum Gasteiger partial charge on any atom is -0.351 e. The van der Waals surface area contributed by atoms with Gasteiger partial charge in [-0.15, -0.1) is 0 Å². The molecule has 1 aromatic heterocycles. The van der Waals surface area contributed by atoms with Crippen molar-refractivity contribution < 1.29 is 9.59 Å². The lowest BCUT2D eigenvalue weighted by Crippen LogP contribution is -2.39. The summed E-state index contributed by atoms with van der Waals surface area (Å²) in [6, 6.07) is 15.9. The van der Waals surface area contributed by atoms with E-state index in [2.05, 4.69) is 20.9 Å². The molecule has 0 saturated carbocycles. The molecule has 3 amide bonds. The zero-order chi connectivity index (χ0) is 23.1. The molecule has 0 aliphatic heterocycles. The fraction of sp³-hybridized carbons (Fsp3) is 0.208. The van der Waals surface area contributed by atoms with E-state index in [0.717, 1.165) is 16.7 Å². The first-order valence-electron chi connectivity index (χ1n) is 10.0. The molecule has 32 heavy (non-hydrogen) atoms. The second-order valence-corrected chi connectivity index (χ2v) is 8.61. The summed E-state index contributed by atoms with van der Waals surface area (Å²) in [5.41, 5.74) is 2.42. The molecule has 0 unspecified atom stereocenters. The maximum absolute atomic E-state index is 12.8. The van der Waals surface area contributed by atoms with E-state index in [9.17, 15) is 9.59 Å². The number of hydrogen-bond donors (Lipinski definition) is 3. The van der Waals surface area contributed by atoms with Crippen LogP contribution in [0.4, 0.5) is 10.5 Å². The molecule has 2 aromatic carbocycles. The van der Waals surface area contributed by atoms with Crippen LogP contribution in [0.2, 0.25) is 10.0 Å². The second kappa shape index (κ2) is 10.5. The molecule has 166 valence electrons. The molecule has 0 radical (unpaired) electrons. The number of benzene rings is 2. The Balaban J connectivity index is 1.56. The number of nitrogens with zero attached hydrogens (tertiary/aromatic N) is 1. The largest absolute Gasteiger partial charge is 0.351 e. The molecule has 0 spiro atoms. The van der Waals surface area contributed by atoms with E-state index in [-0.39, 0.29) is 11.9 Å². The Morgan fingerprint density at radius 1 is 0.875 bits per heavy atom. The number of halogens is 2. The molecule has 0 aliphatic carbocycles. The predicted octanol–water partition coefficient (Wildman–Crippen LogP) is 5.30. The van der Waals surface area contributed by atoms with Crippen LogP contribution in [-0.4, -0.2) is 16.9 Å². The van der Waals surface area contributed by atoms with Crippen LogP contribution in [0.15, 0.2) is 67.0 Å². The van der Waals surface area contributed by atoms with Crippen molar-refractivity contribution in [2.24, 2.45) is 0 Å². The SMILES string of the molecule is CC(C)(C(=O)NCc1cccc(NC(=O)NCc2ccncc2)c1)c1ccc(Cl)c(Cl)c1. The molecule has 1 heterocycles. The number of carbonyl (C=O) groups is 2. The highest BCUT2D eigenvalue weighted by Gasteiger charge is 2.30. The van der Waals surface area contributed by atoms with E-state index >= 15 is 0 Å². The van der Waals surface area contributed by atoms with Crippen molar-refractivity contribution >= 4 is 40.8 Å². The van der Waals surface area contributed by atoms with Gasteiger partial charge in [-0.25, -0.2) is 4.79 Å². The van der Waals surface area contributed by atoms with Gasteiger partial charge in [0.05, 0.1) is 15.5 Å². The quantitative estimate of drug-likeness (QED) is 0.437. The molecule has 3 N–H and O–H groups in total. The lowest BCUT2D eigenvalue weighted by atomic mass is 9.83. The van der Waals surface area contributed by atoms with E-state index in [4.69, 9.17) is 23.2 Å². The first-order valence-corrected chi connectivity index (χ1v) is 10.8. The van der Waals surface area contributed by atoms with Crippen molar-refractivity contribution in [2.75, 3.05) is 5.32 Å². The average Bonchev–Trinajstić information content (AvgIpc) is 2.78. The standard InChI is InChI=1S/C24H24Cl2N4O2/c1-24(2,18-6-7-20(25)21(26)13-18)22(31)28-15-17-4-3-5-19(12-17)30-23(32)29-14-16-8-10-27-11-9-16/h3-13H,14-15H2,1-2H3,(H,28,31)(H2,29,30,32). The van der Waals surface area contributed by atoms with Gasteiger partial charge >= 0.3 is 6.03 Å². The summed E-state index contributed by atoms with van der Waals surface area (Å²) >= 11 is 12.1. The Hall–Kier alpha value is -3.09. The molecule has 0 bridgehead atoms. The lowest BCUT2D eigenvalue weighted by Gasteiger charge is -2.24. The molecule has 0 atom stereocenters. The summed E-state index contributed by atoms with van der Waals surface area (Å²) in [5.74, 6) is -0.149. The normalized spacial score (nSPS) is 11.0. The van der Waals surface area contributed by atoms with E-state index in [1.165, 1.54) is 0 Å². The maximum atomic E-state index is 12.8. The number of anilines is 1. The van der Waals surface area contributed by atoms with Gasteiger partial charge in [0.2, 0.25) is 5.91 Å². The topological polar surface area (TPSA) is 83.1 Å². The third-order valence-corrected chi connectivity index (χ3v) is 5.79. The summed E-state index contributed by atoms with van der Waals surface area (Å²) < 4.78 is 0. The van der Waals surface area contributed by atoms with Crippen molar-refractivity contribution in [3.05, 3.63) is 93.7 Å². The number of aromatic nitrogens is 1. The second-order valence-electron chi connectivity index (χ2n) is 7.80. The zero-order valence-electron chi connectivity index (χ0n) is 17.8. The number of amides is 3. The van der Waals surface area contributed by atoms with Gasteiger partial charge in [-0.1, -0.05) is 41.4 Å². The van der Waals surface area contributed by atoms with Crippen LogP contribution in [0.25, 0.3) is 0 Å². The third kappa shape index (κ3) is 6.22. The first-order chi connectivity index (χ1) is 15.3. The maximum Gasteiger partial charge on any atom is 0.319 e. The van der Waals surface area contributed by atoms with Crippen LogP contribution in [0, 0.1) is 0 Å². The van der Waals surface area contributed by atoms with Crippen molar-refractivity contribution in [3.63, 3.8) is 0 Å². The minimum absolute atomic E-state index is 0.149. The van der Waals surface area contributed by atoms with Crippen molar-refractivity contribution in [2.45, 2.75) is 32.4 Å². The summed E-state index contributed by atoms with van der Waals surface area (Å²) in [5, 5.41) is 9.40. The van der Waals surface area contributed by atoms with Gasteiger partial charge in [-0.3, -0.25) is 9.78 Å². The fourth-order valence-electron chi connectivity index (χ4n) is 3.04. The molecule has 3 aromatic rings. The third-order valence-electron chi connectivity index (χ3n) is 5.05. The van der Waals surface area contributed by atoms with Gasteiger partial charge < -0.3 is 16.0 Å². The predicted molar refractivity (Wildman–Crippen MR) is 128 cm³/mol. The van der Waals surface area contributed by atoms with Gasteiger partial charge in [0.25, 0.3) is 0 Å². The fourth-order valence-corrected chi connectivity index (χ4v) is 3.33. The highest BCUT2D eigenvalue weighted by Crippen LogP contribution is 2.30. The molecule has 6 nitrogen and oxygen atoms in total. The van der Waals surface area contributed by atoms with E-state index in [1.54, 1.807) is 36.7 Å². The van der Waals surface area contributed by atoms with Crippen LogP contribution >= 0.6 is 23.2 Å². The average molecular weight is 471 g/mol. The van der Waals surface area contributed by atoms with E-state index in [0.29, 0.717) is 28.8 Å². The van der Waals surface area contributed by atoms with Crippen LogP contribution in [0.5, 0.6) is 0 Å². The molecule has 0 fully saturated rings. The minimum atomic E-state index is -0.795. The summed E-state index contributed by atoms with van der Waals surface area (Å²) in [6.45, 7) is 4.37. The molecule has 3 rings (SSSR count). The number of nitrogens with one attached hydrogen (secondary N) is 3. The van der Waals surface area contributed by atoms with Gasteiger partial charge in [0.1, 0.15) is 0 Å². The molecule has 0 saturated heterocycles. The Morgan fingerprint density at radius 3 is 2.31 bits per heavy atom.